The van der Waals surface area contributed by atoms with Crippen LogP contribution in [0.5, 0.6) is 5.75 Å². The summed E-state index contributed by atoms with van der Waals surface area (Å²) in [7, 11) is 0. The lowest BCUT2D eigenvalue weighted by atomic mass is 9.99. The lowest BCUT2D eigenvalue weighted by molar-refractivity contribution is 0.324. The Balaban J connectivity index is 1.87. The average molecular weight is 279 g/mol. The van der Waals surface area contributed by atoms with Crippen molar-refractivity contribution < 1.29 is 4.74 Å². The molecule has 0 fully saturated rings. The molecule has 1 heterocycles. The number of nitrogens with one attached hydrogen (secondary N) is 1. The highest BCUT2D eigenvalue weighted by molar-refractivity contribution is 8.00. The first-order chi connectivity index (χ1) is 9.24. The lowest BCUT2D eigenvalue weighted by Gasteiger charge is -2.30. The summed E-state index contributed by atoms with van der Waals surface area (Å²) in [5.74, 6) is 1.57. The predicted molar refractivity (Wildman–Crippen MR) is 84.4 cm³/mol. The van der Waals surface area contributed by atoms with Crippen LogP contribution in [0, 0.1) is 0 Å². The van der Waals surface area contributed by atoms with Gasteiger partial charge in [0.1, 0.15) is 5.75 Å². The molecule has 1 aromatic carbocycles. The zero-order chi connectivity index (χ0) is 13.7. The van der Waals surface area contributed by atoms with Crippen LogP contribution in [-0.2, 0) is 0 Å². The molecule has 3 heteroatoms. The zero-order valence-corrected chi connectivity index (χ0v) is 13.1. The van der Waals surface area contributed by atoms with Crippen LogP contribution < -0.4 is 10.1 Å². The number of ether oxygens (including phenoxy) is 1. The second kappa shape index (κ2) is 6.67. The van der Waals surface area contributed by atoms with Crippen LogP contribution in [0.4, 0.5) is 0 Å². The Kier molecular flexibility index (Phi) is 5.17. The van der Waals surface area contributed by atoms with E-state index >= 15 is 0 Å². The summed E-state index contributed by atoms with van der Waals surface area (Å²) >= 11 is 1.99. The van der Waals surface area contributed by atoms with Gasteiger partial charge in [0.05, 0.1) is 6.61 Å². The summed E-state index contributed by atoms with van der Waals surface area (Å²) in [5, 5.41) is 3.66. The Labute approximate surface area is 121 Å². The molecule has 1 aliphatic heterocycles. The standard InChI is InChI=1S/C16H25NOS/c1-4-16(5-2,19-3)12-17-10-13-11-18-15-9-7-6-8-14(13)15/h6-9,13,17H,4-5,10-12H2,1-3H3. The Morgan fingerprint density at radius 3 is 2.74 bits per heavy atom. The monoisotopic (exact) mass is 279 g/mol. The minimum absolute atomic E-state index is 0.388. The van der Waals surface area contributed by atoms with E-state index in [2.05, 4.69) is 43.6 Å². The topological polar surface area (TPSA) is 21.3 Å². The van der Waals surface area contributed by atoms with E-state index in [0.29, 0.717) is 10.7 Å². The molecule has 106 valence electrons. The summed E-state index contributed by atoms with van der Waals surface area (Å²) < 4.78 is 6.12. The number of hydrogen-bond donors (Lipinski definition) is 1. The van der Waals surface area contributed by atoms with Crippen LogP contribution in [0.2, 0.25) is 0 Å². The normalized spacial score (nSPS) is 18.2. The van der Waals surface area contributed by atoms with Gasteiger partial charge in [-0.25, -0.2) is 0 Å². The average Bonchev–Trinajstić information content (AvgIpc) is 2.88. The first kappa shape index (κ1) is 14.7. The Bertz CT molecular complexity index is 395. The third-order valence-corrected chi connectivity index (χ3v) is 5.95. The first-order valence-electron chi connectivity index (χ1n) is 7.22. The van der Waals surface area contributed by atoms with Gasteiger partial charge in [-0.3, -0.25) is 0 Å². The van der Waals surface area contributed by atoms with Crippen LogP contribution in [0.3, 0.4) is 0 Å². The van der Waals surface area contributed by atoms with E-state index in [9.17, 15) is 0 Å². The highest BCUT2D eigenvalue weighted by atomic mass is 32.2. The number of fused-ring (bicyclic) bond motifs is 1. The molecule has 1 unspecified atom stereocenters. The second-order valence-electron chi connectivity index (χ2n) is 5.27. The fraction of sp³-hybridized carbons (Fsp3) is 0.625. The molecule has 0 spiro atoms. The van der Waals surface area contributed by atoms with E-state index in [0.717, 1.165) is 25.4 Å². The van der Waals surface area contributed by atoms with Crippen LogP contribution in [0.15, 0.2) is 24.3 Å². The number of para-hydroxylation sites is 1. The van der Waals surface area contributed by atoms with Crippen LogP contribution in [-0.4, -0.2) is 30.7 Å². The summed E-state index contributed by atoms with van der Waals surface area (Å²) in [6.45, 7) is 7.49. The lowest BCUT2D eigenvalue weighted by Crippen LogP contribution is -2.38. The van der Waals surface area contributed by atoms with Crippen molar-refractivity contribution in [3.8, 4) is 5.75 Å². The van der Waals surface area contributed by atoms with Crippen LogP contribution in [0.25, 0.3) is 0 Å². The highest BCUT2D eigenvalue weighted by Gasteiger charge is 2.27. The summed E-state index contributed by atoms with van der Waals surface area (Å²) in [6, 6.07) is 8.40. The largest absolute Gasteiger partial charge is 0.493 e. The van der Waals surface area contributed by atoms with Gasteiger partial charge < -0.3 is 10.1 Å². The van der Waals surface area contributed by atoms with Crippen molar-refractivity contribution in [2.45, 2.75) is 37.4 Å². The Morgan fingerprint density at radius 1 is 1.32 bits per heavy atom. The second-order valence-corrected chi connectivity index (χ2v) is 6.55. The van der Waals surface area contributed by atoms with Gasteiger partial charge in [0.15, 0.2) is 0 Å². The molecule has 0 amide bonds. The van der Waals surface area contributed by atoms with Gasteiger partial charge in [-0.2, -0.15) is 11.8 Å². The van der Waals surface area contributed by atoms with E-state index in [1.807, 2.05) is 17.8 Å². The molecular weight excluding hydrogens is 254 g/mol. The maximum Gasteiger partial charge on any atom is 0.122 e. The molecule has 1 aromatic rings. The smallest absolute Gasteiger partial charge is 0.122 e. The number of rotatable bonds is 7. The zero-order valence-electron chi connectivity index (χ0n) is 12.2. The van der Waals surface area contributed by atoms with Gasteiger partial charge in [0.25, 0.3) is 0 Å². The van der Waals surface area contributed by atoms with Crippen molar-refractivity contribution in [2.24, 2.45) is 0 Å². The van der Waals surface area contributed by atoms with Gasteiger partial charge in [-0.15, -0.1) is 0 Å². The molecule has 0 saturated heterocycles. The SMILES string of the molecule is CCC(CC)(CNCC1COc2ccccc21)SC. The van der Waals surface area contributed by atoms with Crippen LogP contribution >= 0.6 is 11.8 Å². The Morgan fingerprint density at radius 2 is 2.05 bits per heavy atom. The van der Waals surface area contributed by atoms with Crippen LogP contribution in [0.1, 0.15) is 38.2 Å². The molecule has 0 bridgehead atoms. The van der Waals surface area contributed by atoms with Crippen molar-refractivity contribution in [1.29, 1.82) is 0 Å². The maximum atomic E-state index is 5.73. The van der Waals surface area contributed by atoms with Crippen molar-refractivity contribution in [3.63, 3.8) is 0 Å². The van der Waals surface area contributed by atoms with E-state index in [1.165, 1.54) is 18.4 Å². The minimum atomic E-state index is 0.388. The molecule has 1 aliphatic rings. The van der Waals surface area contributed by atoms with Gasteiger partial charge in [0.2, 0.25) is 0 Å². The number of thioether (sulfide) groups is 1. The van der Waals surface area contributed by atoms with Gasteiger partial charge in [0, 0.05) is 29.3 Å². The molecule has 2 rings (SSSR count). The molecule has 0 aromatic heterocycles. The quantitative estimate of drug-likeness (QED) is 0.823. The molecule has 19 heavy (non-hydrogen) atoms. The molecule has 1 atom stereocenters. The van der Waals surface area contributed by atoms with Crippen molar-refractivity contribution in [2.75, 3.05) is 26.0 Å². The van der Waals surface area contributed by atoms with E-state index in [4.69, 9.17) is 4.74 Å². The molecule has 0 aliphatic carbocycles. The molecular formula is C16H25NOS. The van der Waals surface area contributed by atoms with Crippen molar-refractivity contribution in [1.82, 2.24) is 5.32 Å². The first-order valence-corrected chi connectivity index (χ1v) is 8.44. The molecule has 1 N–H and O–H groups in total. The number of benzene rings is 1. The van der Waals surface area contributed by atoms with E-state index in [1.54, 1.807) is 0 Å². The van der Waals surface area contributed by atoms with Gasteiger partial charge in [-0.05, 0) is 25.2 Å². The minimum Gasteiger partial charge on any atom is -0.493 e. The van der Waals surface area contributed by atoms with E-state index < -0.39 is 0 Å². The summed E-state index contributed by atoms with van der Waals surface area (Å²) in [6.07, 6.45) is 4.66. The summed E-state index contributed by atoms with van der Waals surface area (Å²) in [4.78, 5) is 0. The fourth-order valence-corrected chi connectivity index (χ4v) is 3.56. The molecule has 0 radical (unpaired) electrons. The van der Waals surface area contributed by atoms with E-state index in [-0.39, 0.29) is 0 Å². The van der Waals surface area contributed by atoms with Crippen molar-refractivity contribution >= 4 is 11.8 Å². The maximum absolute atomic E-state index is 5.73. The highest BCUT2D eigenvalue weighted by Crippen LogP contribution is 2.33. The van der Waals surface area contributed by atoms with Crippen molar-refractivity contribution in [3.05, 3.63) is 29.8 Å². The van der Waals surface area contributed by atoms with Gasteiger partial charge in [-0.1, -0.05) is 32.0 Å². The predicted octanol–water partition coefficient (Wildman–Crippen LogP) is 3.67. The Hall–Kier alpha value is -0.670. The number of hydrogen-bond acceptors (Lipinski definition) is 3. The molecule has 2 nitrogen and oxygen atoms in total. The summed E-state index contributed by atoms with van der Waals surface area (Å²) in [5.41, 5.74) is 1.36. The van der Waals surface area contributed by atoms with Gasteiger partial charge >= 0.3 is 0 Å². The fourth-order valence-electron chi connectivity index (χ4n) is 2.73. The third-order valence-electron chi connectivity index (χ3n) is 4.36. The molecule has 0 saturated carbocycles. The third kappa shape index (κ3) is 3.26.